The molecule has 0 atom stereocenters. The average molecular weight is 266 g/mol. The molecule has 14 heavy (non-hydrogen) atoms. The SMILES string of the molecule is Br.c1ccc2c(c1)ccc1scnc12. The molecule has 1 heterocycles. The van der Waals surface area contributed by atoms with E-state index in [2.05, 4.69) is 41.4 Å². The first kappa shape index (κ1) is 9.62. The molecule has 0 bridgehead atoms. The molecule has 0 unspecified atom stereocenters. The average Bonchev–Trinajstić information content (AvgIpc) is 2.65. The quantitative estimate of drug-likeness (QED) is 0.598. The Morgan fingerprint density at radius 1 is 1.00 bits per heavy atom. The van der Waals surface area contributed by atoms with Crippen LogP contribution < -0.4 is 0 Å². The summed E-state index contributed by atoms with van der Waals surface area (Å²) in [7, 11) is 0. The molecule has 0 saturated heterocycles. The number of halogens is 1. The van der Waals surface area contributed by atoms with Gasteiger partial charge in [0.05, 0.1) is 15.7 Å². The molecule has 0 aliphatic rings. The lowest BCUT2D eigenvalue weighted by molar-refractivity contribution is 1.52. The Hall–Kier alpha value is -0.930. The predicted molar refractivity (Wildman–Crippen MR) is 67.4 cm³/mol. The number of hydrogen-bond donors (Lipinski definition) is 0. The highest BCUT2D eigenvalue weighted by Gasteiger charge is 2.00. The topological polar surface area (TPSA) is 12.9 Å². The van der Waals surface area contributed by atoms with E-state index >= 15 is 0 Å². The minimum absolute atomic E-state index is 0. The summed E-state index contributed by atoms with van der Waals surface area (Å²) in [5.74, 6) is 0. The van der Waals surface area contributed by atoms with Crippen molar-refractivity contribution in [2.24, 2.45) is 0 Å². The van der Waals surface area contributed by atoms with Crippen LogP contribution in [0.1, 0.15) is 0 Å². The fourth-order valence-corrected chi connectivity index (χ4v) is 2.29. The lowest BCUT2D eigenvalue weighted by Crippen LogP contribution is -1.73. The van der Waals surface area contributed by atoms with E-state index in [9.17, 15) is 0 Å². The molecule has 3 aromatic rings. The first-order valence-electron chi connectivity index (χ1n) is 4.16. The normalized spacial score (nSPS) is 10.3. The van der Waals surface area contributed by atoms with Crippen molar-refractivity contribution in [1.29, 1.82) is 0 Å². The Kier molecular flexibility index (Phi) is 2.52. The van der Waals surface area contributed by atoms with Gasteiger partial charge in [-0.15, -0.1) is 28.3 Å². The maximum absolute atomic E-state index is 4.37. The monoisotopic (exact) mass is 265 g/mol. The van der Waals surface area contributed by atoms with E-state index in [0.717, 1.165) is 5.52 Å². The van der Waals surface area contributed by atoms with Crippen molar-refractivity contribution >= 4 is 49.3 Å². The Morgan fingerprint density at radius 3 is 2.79 bits per heavy atom. The van der Waals surface area contributed by atoms with Crippen molar-refractivity contribution in [1.82, 2.24) is 4.98 Å². The molecule has 0 N–H and O–H groups in total. The van der Waals surface area contributed by atoms with Crippen LogP contribution in [0.4, 0.5) is 0 Å². The van der Waals surface area contributed by atoms with Crippen molar-refractivity contribution in [3.8, 4) is 0 Å². The Balaban J connectivity index is 0.000000750. The molecule has 0 amide bonds. The first-order valence-corrected chi connectivity index (χ1v) is 5.04. The summed E-state index contributed by atoms with van der Waals surface area (Å²) in [4.78, 5) is 4.37. The van der Waals surface area contributed by atoms with E-state index in [1.165, 1.54) is 15.5 Å². The lowest BCUT2D eigenvalue weighted by atomic mass is 10.1. The minimum atomic E-state index is 0. The maximum atomic E-state index is 4.37. The molecule has 70 valence electrons. The number of benzene rings is 2. The molecule has 0 fully saturated rings. The molecular weight excluding hydrogens is 258 g/mol. The number of nitrogens with zero attached hydrogens (tertiary/aromatic N) is 1. The van der Waals surface area contributed by atoms with E-state index in [4.69, 9.17) is 0 Å². The van der Waals surface area contributed by atoms with Gasteiger partial charge in [0.2, 0.25) is 0 Å². The van der Waals surface area contributed by atoms with Crippen LogP contribution in [0.25, 0.3) is 21.0 Å². The summed E-state index contributed by atoms with van der Waals surface area (Å²) in [5.41, 5.74) is 3.03. The van der Waals surface area contributed by atoms with Crippen molar-refractivity contribution in [3.05, 3.63) is 41.9 Å². The van der Waals surface area contributed by atoms with E-state index in [1.54, 1.807) is 11.3 Å². The molecule has 0 aliphatic heterocycles. The highest BCUT2D eigenvalue weighted by Crippen LogP contribution is 2.26. The summed E-state index contributed by atoms with van der Waals surface area (Å²) in [6, 6.07) is 12.6. The number of aromatic nitrogens is 1. The summed E-state index contributed by atoms with van der Waals surface area (Å²) >= 11 is 1.69. The van der Waals surface area contributed by atoms with Gasteiger partial charge in [0.1, 0.15) is 0 Å². The number of hydrogen-bond acceptors (Lipinski definition) is 2. The summed E-state index contributed by atoms with van der Waals surface area (Å²) in [6.07, 6.45) is 0. The fourth-order valence-electron chi connectivity index (χ4n) is 1.60. The van der Waals surface area contributed by atoms with Crippen LogP contribution >= 0.6 is 28.3 Å². The van der Waals surface area contributed by atoms with Crippen LogP contribution in [0.2, 0.25) is 0 Å². The fraction of sp³-hybridized carbons (Fsp3) is 0. The molecule has 0 radical (unpaired) electrons. The summed E-state index contributed by atoms with van der Waals surface area (Å²) in [5, 5.41) is 2.52. The third-order valence-corrected chi connectivity index (χ3v) is 3.02. The van der Waals surface area contributed by atoms with Crippen molar-refractivity contribution in [2.75, 3.05) is 0 Å². The first-order chi connectivity index (χ1) is 6.45. The second kappa shape index (κ2) is 3.67. The minimum Gasteiger partial charge on any atom is -0.244 e. The van der Waals surface area contributed by atoms with Crippen LogP contribution in [0.3, 0.4) is 0 Å². The number of thiazole rings is 1. The largest absolute Gasteiger partial charge is 0.244 e. The standard InChI is InChI=1S/C11H7NS.BrH/c1-2-4-9-8(3-1)5-6-10-11(9)12-7-13-10;/h1-7H;1H. The van der Waals surface area contributed by atoms with E-state index in [1.807, 2.05) is 5.51 Å². The van der Waals surface area contributed by atoms with Crippen molar-refractivity contribution in [2.45, 2.75) is 0 Å². The third-order valence-electron chi connectivity index (χ3n) is 2.23. The van der Waals surface area contributed by atoms with Gasteiger partial charge in [-0.3, -0.25) is 0 Å². The van der Waals surface area contributed by atoms with E-state index in [0.29, 0.717) is 0 Å². The second-order valence-corrected chi connectivity index (χ2v) is 3.87. The van der Waals surface area contributed by atoms with Gasteiger partial charge < -0.3 is 0 Å². The lowest BCUT2D eigenvalue weighted by Gasteiger charge is -1.96. The molecule has 3 rings (SSSR count). The van der Waals surface area contributed by atoms with E-state index < -0.39 is 0 Å². The van der Waals surface area contributed by atoms with Crippen LogP contribution in [0.5, 0.6) is 0 Å². The summed E-state index contributed by atoms with van der Waals surface area (Å²) in [6.45, 7) is 0. The van der Waals surface area contributed by atoms with Gasteiger partial charge in [0.25, 0.3) is 0 Å². The van der Waals surface area contributed by atoms with E-state index in [-0.39, 0.29) is 17.0 Å². The highest BCUT2D eigenvalue weighted by atomic mass is 79.9. The predicted octanol–water partition coefficient (Wildman–Crippen LogP) is 4.03. The Labute approximate surface area is 96.2 Å². The molecule has 1 aromatic heterocycles. The molecule has 3 heteroatoms. The van der Waals surface area contributed by atoms with Gasteiger partial charge in [0.15, 0.2) is 0 Å². The smallest absolute Gasteiger partial charge is 0.0890 e. The van der Waals surface area contributed by atoms with Gasteiger partial charge in [-0.2, -0.15) is 0 Å². The van der Waals surface area contributed by atoms with Crippen molar-refractivity contribution < 1.29 is 0 Å². The molecule has 1 nitrogen and oxygen atoms in total. The second-order valence-electron chi connectivity index (χ2n) is 2.99. The highest BCUT2D eigenvalue weighted by molar-refractivity contribution is 8.93. The zero-order valence-electron chi connectivity index (χ0n) is 7.31. The maximum Gasteiger partial charge on any atom is 0.0890 e. The Bertz CT molecular complexity index is 573. The molecular formula is C11H8BrNS. The van der Waals surface area contributed by atoms with Crippen molar-refractivity contribution in [3.63, 3.8) is 0 Å². The zero-order valence-corrected chi connectivity index (χ0v) is 9.83. The van der Waals surface area contributed by atoms with Crippen LogP contribution in [0.15, 0.2) is 41.9 Å². The molecule has 0 spiro atoms. The molecule has 0 aliphatic carbocycles. The number of fused-ring (bicyclic) bond motifs is 3. The molecule has 0 saturated carbocycles. The Morgan fingerprint density at radius 2 is 1.86 bits per heavy atom. The van der Waals surface area contributed by atoms with Gasteiger partial charge in [-0.1, -0.05) is 30.3 Å². The van der Waals surface area contributed by atoms with Gasteiger partial charge in [0, 0.05) is 5.39 Å². The van der Waals surface area contributed by atoms with Crippen LogP contribution in [-0.4, -0.2) is 4.98 Å². The van der Waals surface area contributed by atoms with Gasteiger partial charge in [-0.25, -0.2) is 4.98 Å². The molecule has 2 aromatic carbocycles. The zero-order chi connectivity index (χ0) is 8.67. The third kappa shape index (κ3) is 1.33. The van der Waals surface area contributed by atoms with Gasteiger partial charge >= 0.3 is 0 Å². The van der Waals surface area contributed by atoms with Crippen LogP contribution in [-0.2, 0) is 0 Å². The summed E-state index contributed by atoms with van der Waals surface area (Å²) < 4.78 is 1.26. The van der Waals surface area contributed by atoms with Crippen LogP contribution in [0, 0.1) is 0 Å². The number of rotatable bonds is 0. The van der Waals surface area contributed by atoms with Gasteiger partial charge in [-0.05, 0) is 11.5 Å².